The van der Waals surface area contributed by atoms with E-state index in [1.807, 2.05) is 56.3 Å². The first-order chi connectivity index (χ1) is 11.1. The Morgan fingerprint density at radius 3 is 2.70 bits per heavy atom. The standard InChI is InChI=1S/C17H16N4O2/c1-11-8-9-16(23-11)14-10-15(20-19-14)17(22)21-18-12(2)13-6-4-3-5-7-13/h3-10H,1-2H3,(H,19,20)(H,21,22)/b18-12+. The maximum absolute atomic E-state index is 12.1. The summed E-state index contributed by atoms with van der Waals surface area (Å²) in [6.45, 7) is 3.69. The van der Waals surface area contributed by atoms with E-state index in [1.165, 1.54) is 0 Å². The van der Waals surface area contributed by atoms with Crippen molar-refractivity contribution in [1.82, 2.24) is 15.6 Å². The Hall–Kier alpha value is -3.15. The van der Waals surface area contributed by atoms with Gasteiger partial charge in [-0.25, -0.2) is 5.43 Å². The molecule has 0 spiro atoms. The molecule has 23 heavy (non-hydrogen) atoms. The van der Waals surface area contributed by atoms with Crippen LogP contribution in [0.25, 0.3) is 11.5 Å². The van der Waals surface area contributed by atoms with E-state index < -0.39 is 0 Å². The van der Waals surface area contributed by atoms with Crippen LogP contribution in [0.5, 0.6) is 0 Å². The maximum atomic E-state index is 12.1. The molecule has 2 heterocycles. The largest absolute Gasteiger partial charge is 0.460 e. The molecule has 6 heteroatoms. The van der Waals surface area contributed by atoms with Crippen LogP contribution in [0.2, 0.25) is 0 Å². The third-order valence-corrected chi connectivity index (χ3v) is 3.33. The number of aryl methyl sites for hydroxylation is 1. The lowest BCUT2D eigenvalue weighted by Gasteiger charge is -2.00. The SMILES string of the molecule is C/C(=N\NC(=O)c1cc(-c2ccc(C)o2)[nH]n1)c1ccccc1. The zero-order chi connectivity index (χ0) is 16.2. The van der Waals surface area contributed by atoms with Crippen LogP contribution < -0.4 is 5.43 Å². The molecule has 0 aliphatic heterocycles. The molecule has 1 amide bonds. The van der Waals surface area contributed by atoms with Crippen molar-refractivity contribution in [1.29, 1.82) is 0 Å². The summed E-state index contributed by atoms with van der Waals surface area (Å²) in [4.78, 5) is 12.1. The topological polar surface area (TPSA) is 83.3 Å². The highest BCUT2D eigenvalue weighted by atomic mass is 16.3. The number of aromatic amines is 1. The fourth-order valence-electron chi connectivity index (χ4n) is 2.08. The number of hydrazone groups is 1. The van der Waals surface area contributed by atoms with E-state index in [0.717, 1.165) is 17.0 Å². The van der Waals surface area contributed by atoms with Gasteiger partial charge in [-0.15, -0.1) is 0 Å². The summed E-state index contributed by atoms with van der Waals surface area (Å²) in [7, 11) is 0. The molecule has 6 nitrogen and oxygen atoms in total. The number of furan rings is 1. The monoisotopic (exact) mass is 308 g/mol. The Bertz CT molecular complexity index is 846. The molecule has 0 aliphatic rings. The number of H-pyrrole nitrogens is 1. The van der Waals surface area contributed by atoms with Gasteiger partial charge in [-0.3, -0.25) is 9.89 Å². The van der Waals surface area contributed by atoms with E-state index >= 15 is 0 Å². The highest BCUT2D eigenvalue weighted by molar-refractivity contribution is 6.00. The Morgan fingerprint density at radius 1 is 1.22 bits per heavy atom. The van der Waals surface area contributed by atoms with E-state index in [4.69, 9.17) is 4.42 Å². The summed E-state index contributed by atoms with van der Waals surface area (Å²) in [6.07, 6.45) is 0. The first-order valence-corrected chi connectivity index (χ1v) is 7.16. The van der Waals surface area contributed by atoms with E-state index in [-0.39, 0.29) is 11.6 Å². The van der Waals surface area contributed by atoms with Crippen LogP contribution in [-0.2, 0) is 0 Å². The van der Waals surface area contributed by atoms with Gasteiger partial charge < -0.3 is 4.42 Å². The van der Waals surface area contributed by atoms with Crippen molar-refractivity contribution in [2.24, 2.45) is 5.10 Å². The summed E-state index contributed by atoms with van der Waals surface area (Å²) in [5.41, 5.74) is 5.06. The first-order valence-electron chi connectivity index (χ1n) is 7.16. The predicted molar refractivity (Wildman–Crippen MR) is 87.1 cm³/mol. The highest BCUT2D eigenvalue weighted by Crippen LogP contribution is 2.20. The van der Waals surface area contributed by atoms with Crippen LogP contribution >= 0.6 is 0 Å². The number of nitrogens with one attached hydrogen (secondary N) is 2. The zero-order valence-electron chi connectivity index (χ0n) is 12.8. The summed E-state index contributed by atoms with van der Waals surface area (Å²) >= 11 is 0. The van der Waals surface area contributed by atoms with Crippen molar-refractivity contribution < 1.29 is 9.21 Å². The molecule has 0 radical (unpaired) electrons. The van der Waals surface area contributed by atoms with Gasteiger partial charge in [0, 0.05) is 6.07 Å². The smallest absolute Gasteiger partial charge is 0.291 e. The molecule has 0 bridgehead atoms. The van der Waals surface area contributed by atoms with Crippen molar-refractivity contribution in [3.8, 4) is 11.5 Å². The van der Waals surface area contributed by atoms with Gasteiger partial charge in [0.2, 0.25) is 0 Å². The van der Waals surface area contributed by atoms with E-state index in [9.17, 15) is 4.79 Å². The van der Waals surface area contributed by atoms with Gasteiger partial charge >= 0.3 is 0 Å². The number of hydrogen-bond acceptors (Lipinski definition) is 4. The average Bonchev–Trinajstić information content (AvgIpc) is 3.22. The number of hydrogen-bond donors (Lipinski definition) is 2. The minimum absolute atomic E-state index is 0.249. The second kappa shape index (κ2) is 6.31. The Kier molecular flexibility index (Phi) is 4.05. The fourth-order valence-corrected chi connectivity index (χ4v) is 2.08. The summed E-state index contributed by atoms with van der Waals surface area (Å²) in [5.74, 6) is 1.05. The van der Waals surface area contributed by atoms with Crippen LogP contribution in [0.15, 0.2) is 58.0 Å². The van der Waals surface area contributed by atoms with Gasteiger partial charge in [0.25, 0.3) is 5.91 Å². The number of aromatic nitrogens is 2. The van der Waals surface area contributed by atoms with Crippen molar-refractivity contribution in [3.63, 3.8) is 0 Å². The van der Waals surface area contributed by atoms with Crippen LogP contribution in [-0.4, -0.2) is 21.8 Å². The van der Waals surface area contributed by atoms with Gasteiger partial charge in [-0.1, -0.05) is 30.3 Å². The lowest BCUT2D eigenvalue weighted by Crippen LogP contribution is -2.19. The second-order valence-corrected chi connectivity index (χ2v) is 5.08. The van der Waals surface area contributed by atoms with Crippen molar-refractivity contribution in [2.45, 2.75) is 13.8 Å². The number of amides is 1. The summed E-state index contributed by atoms with van der Waals surface area (Å²) in [6, 6.07) is 14.9. The molecular formula is C17H16N4O2. The lowest BCUT2D eigenvalue weighted by molar-refractivity contribution is 0.0950. The third kappa shape index (κ3) is 3.37. The molecule has 0 unspecified atom stereocenters. The molecule has 3 rings (SSSR count). The second-order valence-electron chi connectivity index (χ2n) is 5.08. The molecule has 2 N–H and O–H groups in total. The van der Waals surface area contributed by atoms with Crippen LogP contribution in [0, 0.1) is 6.92 Å². The van der Waals surface area contributed by atoms with Gasteiger partial charge in [0.15, 0.2) is 11.5 Å². The van der Waals surface area contributed by atoms with Gasteiger partial charge in [-0.05, 0) is 31.5 Å². The number of carbonyl (C=O) groups excluding carboxylic acids is 1. The Balaban J connectivity index is 1.71. The Labute approximate surface area is 133 Å². The minimum atomic E-state index is -0.383. The maximum Gasteiger partial charge on any atom is 0.291 e. The molecule has 0 aliphatic carbocycles. The van der Waals surface area contributed by atoms with Crippen molar-refractivity contribution >= 4 is 11.6 Å². The lowest BCUT2D eigenvalue weighted by atomic mass is 10.1. The molecule has 0 atom stereocenters. The third-order valence-electron chi connectivity index (χ3n) is 3.33. The zero-order valence-corrected chi connectivity index (χ0v) is 12.8. The predicted octanol–water partition coefficient (Wildman–Crippen LogP) is 3.13. The molecular weight excluding hydrogens is 292 g/mol. The summed E-state index contributed by atoms with van der Waals surface area (Å²) in [5, 5.41) is 10.9. The van der Waals surface area contributed by atoms with E-state index in [0.29, 0.717) is 11.5 Å². The minimum Gasteiger partial charge on any atom is -0.460 e. The van der Waals surface area contributed by atoms with Crippen molar-refractivity contribution in [2.75, 3.05) is 0 Å². The van der Waals surface area contributed by atoms with Gasteiger partial charge in [0.05, 0.1) is 5.71 Å². The molecule has 0 fully saturated rings. The van der Waals surface area contributed by atoms with E-state index in [1.54, 1.807) is 6.07 Å². The number of benzene rings is 1. The highest BCUT2D eigenvalue weighted by Gasteiger charge is 2.13. The Morgan fingerprint density at radius 2 is 2.00 bits per heavy atom. The van der Waals surface area contributed by atoms with E-state index in [2.05, 4.69) is 20.7 Å². The number of rotatable bonds is 4. The van der Waals surface area contributed by atoms with Crippen molar-refractivity contribution in [3.05, 3.63) is 65.5 Å². The molecule has 0 saturated heterocycles. The molecule has 116 valence electrons. The molecule has 1 aromatic carbocycles. The van der Waals surface area contributed by atoms with Gasteiger partial charge in [-0.2, -0.15) is 10.2 Å². The normalized spacial score (nSPS) is 11.5. The summed E-state index contributed by atoms with van der Waals surface area (Å²) < 4.78 is 5.49. The molecule has 0 saturated carbocycles. The van der Waals surface area contributed by atoms with Crippen LogP contribution in [0.4, 0.5) is 0 Å². The molecule has 3 aromatic rings. The molecule has 2 aromatic heterocycles. The number of nitrogens with zero attached hydrogens (tertiary/aromatic N) is 2. The van der Waals surface area contributed by atoms with Crippen LogP contribution in [0.3, 0.4) is 0 Å². The van der Waals surface area contributed by atoms with Gasteiger partial charge in [0.1, 0.15) is 11.5 Å². The quantitative estimate of drug-likeness (QED) is 0.573. The fraction of sp³-hybridized carbons (Fsp3) is 0.118. The average molecular weight is 308 g/mol. The number of carbonyl (C=O) groups is 1. The first kappa shape index (κ1) is 14.8. The van der Waals surface area contributed by atoms with Crippen LogP contribution in [0.1, 0.15) is 28.7 Å².